The molecule has 0 saturated carbocycles. The number of H-pyrrole nitrogens is 1. The molecular formula is C20H24BrN. The van der Waals surface area contributed by atoms with Crippen LogP contribution in [0.3, 0.4) is 0 Å². The first-order valence-electron chi connectivity index (χ1n) is 8.48. The van der Waals surface area contributed by atoms with Crippen LogP contribution >= 0.6 is 15.9 Å². The van der Waals surface area contributed by atoms with E-state index >= 15 is 0 Å². The molecule has 116 valence electrons. The van der Waals surface area contributed by atoms with E-state index in [0.29, 0.717) is 0 Å². The first-order chi connectivity index (χ1) is 10.8. The minimum absolute atomic E-state index is 1.14. The van der Waals surface area contributed by atoms with Crippen molar-refractivity contribution in [2.24, 2.45) is 0 Å². The zero-order valence-corrected chi connectivity index (χ0v) is 14.9. The fraction of sp³-hybridized carbons (Fsp3) is 0.400. The second kappa shape index (κ2) is 7.32. The van der Waals surface area contributed by atoms with Crippen LogP contribution in [-0.2, 0) is 6.42 Å². The largest absolute Gasteiger partial charge is 0.354 e. The van der Waals surface area contributed by atoms with E-state index in [9.17, 15) is 0 Å². The molecule has 3 rings (SSSR count). The molecule has 0 aliphatic rings. The van der Waals surface area contributed by atoms with Crippen molar-refractivity contribution in [2.45, 2.75) is 51.9 Å². The summed E-state index contributed by atoms with van der Waals surface area (Å²) in [6, 6.07) is 13.3. The third kappa shape index (κ3) is 3.38. The van der Waals surface area contributed by atoms with Gasteiger partial charge >= 0.3 is 0 Å². The van der Waals surface area contributed by atoms with Gasteiger partial charge in [-0.1, -0.05) is 57.2 Å². The summed E-state index contributed by atoms with van der Waals surface area (Å²) < 4.78 is 1.14. The lowest BCUT2D eigenvalue weighted by atomic mass is 10.0. The lowest BCUT2D eigenvalue weighted by molar-refractivity contribution is 0.607. The number of rotatable bonds is 7. The molecule has 0 aliphatic heterocycles. The first kappa shape index (κ1) is 15.6. The van der Waals surface area contributed by atoms with Crippen LogP contribution < -0.4 is 0 Å². The molecule has 2 heteroatoms. The van der Waals surface area contributed by atoms with Crippen LogP contribution in [0.15, 0.2) is 40.9 Å². The van der Waals surface area contributed by atoms with Gasteiger partial charge in [0.15, 0.2) is 0 Å². The van der Waals surface area contributed by atoms with Gasteiger partial charge < -0.3 is 4.98 Å². The summed E-state index contributed by atoms with van der Waals surface area (Å²) in [5.41, 5.74) is 3.90. The van der Waals surface area contributed by atoms with Gasteiger partial charge in [-0.15, -0.1) is 0 Å². The Kier molecular flexibility index (Phi) is 5.20. The highest BCUT2D eigenvalue weighted by Gasteiger charge is 2.07. The maximum atomic E-state index is 3.63. The van der Waals surface area contributed by atoms with Crippen LogP contribution in [0.2, 0.25) is 0 Å². The zero-order chi connectivity index (χ0) is 15.4. The normalized spacial score (nSPS) is 11.5. The number of hydrogen-bond donors (Lipinski definition) is 1. The van der Waals surface area contributed by atoms with Crippen LogP contribution in [0.5, 0.6) is 0 Å². The van der Waals surface area contributed by atoms with Crippen molar-refractivity contribution in [3.63, 3.8) is 0 Å². The fourth-order valence-electron chi connectivity index (χ4n) is 3.20. The van der Waals surface area contributed by atoms with E-state index in [-0.39, 0.29) is 0 Å². The van der Waals surface area contributed by atoms with Crippen LogP contribution in [0.4, 0.5) is 0 Å². The SMILES string of the molecule is CCCCCCCCc1ccc2[nH]c3c(Br)cccc3c2c1. The van der Waals surface area contributed by atoms with E-state index in [1.807, 2.05) is 0 Å². The molecule has 0 bridgehead atoms. The maximum absolute atomic E-state index is 3.63. The van der Waals surface area contributed by atoms with Gasteiger partial charge in [-0.05, 0) is 52.5 Å². The smallest absolute Gasteiger partial charge is 0.0609 e. The second-order valence-electron chi connectivity index (χ2n) is 6.19. The highest BCUT2D eigenvalue weighted by Crippen LogP contribution is 2.31. The molecule has 1 aromatic heterocycles. The van der Waals surface area contributed by atoms with Crippen LogP contribution in [0.1, 0.15) is 51.0 Å². The molecule has 1 heterocycles. The minimum atomic E-state index is 1.14. The van der Waals surface area contributed by atoms with Crippen molar-refractivity contribution in [3.8, 4) is 0 Å². The molecule has 1 N–H and O–H groups in total. The van der Waals surface area contributed by atoms with Gasteiger partial charge in [0.2, 0.25) is 0 Å². The Hall–Kier alpha value is -1.28. The Morgan fingerprint density at radius 1 is 0.909 bits per heavy atom. The summed E-state index contributed by atoms with van der Waals surface area (Å²) in [6.07, 6.45) is 9.35. The lowest BCUT2D eigenvalue weighted by Crippen LogP contribution is -1.86. The quantitative estimate of drug-likeness (QED) is 0.438. The topological polar surface area (TPSA) is 15.8 Å². The predicted molar refractivity (Wildman–Crippen MR) is 101 cm³/mol. The predicted octanol–water partition coefficient (Wildman–Crippen LogP) is 6.99. The van der Waals surface area contributed by atoms with E-state index in [1.165, 1.54) is 72.3 Å². The number of aryl methyl sites for hydroxylation is 1. The Bertz CT molecular complexity index is 757. The maximum Gasteiger partial charge on any atom is 0.0609 e. The fourth-order valence-corrected chi connectivity index (χ4v) is 3.66. The summed E-state index contributed by atoms with van der Waals surface area (Å²) in [7, 11) is 0. The number of unbranched alkanes of at least 4 members (excludes halogenated alkanes) is 5. The molecule has 1 nitrogen and oxygen atoms in total. The first-order valence-corrected chi connectivity index (χ1v) is 9.27. The highest BCUT2D eigenvalue weighted by atomic mass is 79.9. The number of fused-ring (bicyclic) bond motifs is 3. The van der Waals surface area contributed by atoms with Crippen LogP contribution in [0, 0.1) is 0 Å². The van der Waals surface area contributed by atoms with E-state index < -0.39 is 0 Å². The van der Waals surface area contributed by atoms with Crippen molar-refractivity contribution >= 4 is 37.7 Å². The molecule has 0 aliphatic carbocycles. The van der Waals surface area contributed by atoms with Gasteiger partial charge in [0.25, 0.3) is 0 Å². The lowest BCUT2D eigenvalue weighted by Gasteiger charge is -2.03. The number of aromatic amines is 1. The van der Waals surface area contributed by atoms with E-state index in [1.54, 1.807) is 0 Å². The number of nitrogens with one attached hydrogen (secondary N) is 1. The molecular weight excluding hydrogens is 334 g/mol. The van der Waals surface area contributed by atoms with Gasteiger partial charge in [-0.25, -0.2) is 0 Å². The number of aromatic nitrogens is 1. The molecule has 3 aromatic rings. The minimum Gasteiger partial charge on any atom is -0.354 e. The van der Waals surface area contributed by atoms with Crippen molar-refractivity contribution in [1.29, 1.82) is 0 Å². The summed E-state index contributed by atoms with van der Waals surface area (Å²) in [6.45, 7) is 2.27. The van der Waals surface area contributed by atoms with E-state index in [0.717, 1.165) is 4.47 Å². The third-order valence-electron chi connectivity index (χ3n) is 4.47. The average Bonchev–Trinajstić information content (AvgIpc) is 2.90. The Morgan fingerprint density at radius 2 is 1.73 bits per heavy atom. The van der Waals surface area contributed by atoms with Crippen molar-refractivity contribution < 1.29 is 0 Å². The van der Waals surface area contributed by atoms with Crippen LogP contribution in [-0.4, -0.2) is 4.98 Å². The molecule has 0 spiro atoms. The Balaban J connectivity index is 1.72. The van der Waals surface area contributed by atoms with Gasteiger partial charge in [0.1, 0.15) is 0 Å². The third-order valence-corrected chi connectivity index (χ3v) is 5.13. The zero-order valence-electron chi connectivity index (χ0n) is 13.3. The molecule has 2 aromatic carbocycles. The van der Waals surface area contributed by atoms with Crippen molar-refractivity contribution in [3.05, 3.63) is 46.4 Å². The van der Waals surface area contributed by atoms with Gasteiger partial charge in [-0.3, -0.25) is 0 Å². The van der Waals surface area contributed by atoms with Gasteiger partial charge in [-0.2, -0.15) is 0 Å². The molecule has 0 radical (unpaired) electrons. The van der Waals surface area contributed by atoms with Gasteiger partial charge in [0, 0.05) is 20.8 Å². The second-order valence-corrected chi connectivity index (χ2v) is 7.04. The summed E-state index contributed by atoms with van der Waals surface area (Å²) >= 11 is 3.63. The monoisotopic (exact) mass is 357 g/mol. The highest BCUT2D eigenvalue weighted by molar-refractivity contribution is 9.10. The van der Waals surface area contributed by atoms with E-state index in [2.05, 4.69) is 64.2 Å². The standard InChI is InChI=1S/C20H24BrN/c1-2-3-4-5-6-7-9-15-12-13-19-17(14-15)16-10-8-11-18(21)20(16)22-19/h8,10-14,22H,2-7,9H2,1H3. The van der Waals surface area contributed by atoms with Crippen LogP contribution in [0.25, 0.3) is 21.8 Å². The average molecular weight is 358 g/mol. The van der Waals surface area contributed by atoms with E-state index in [4.69, 9.17) is 0 Å². The summed E-state index contributed by atoms with van der Waals surface area (Å²) in [4.78, 5) is 3.52. The molecule has 0 atom stereocenters. The molecule has 22 heavy (non-hydrogen) atoms. The number of para-hydroxylation sites is 1. The molecule has 0 fully saturated rings. The molecule has 0 amide bonds. The summed E-state index contributed by atoms with van der Waals surface area (Å²) in [5, 5.41) is 2.66. The number of hydrogen-bond acceptors (Lipinski definition) is 0. The molecule has 0 saturated heterocycles. The number of halogens is 1. The molecule has 0 unspecified atom stereocenters. The Morgan fingerprint density at radius 3 is 2.59 bits per heavy atom. The number of benzene rings is 2. The van der Waals surface area contributed by atoms with Gasteiger partial charge in [0.05, 0.1) is 5.52 Å². The van der Waals surface area contributed by atoms with Crippen molar-refractivity contribution in [2.75, 3.05) is 0 Å². The Labute approximate surface area is 141 Å². The van der Waals surface area contributed by atoms with Crippen molar-refractivity contribution in [1.82, 2.24) is 4.98 Å². The summed E-state index contributed by atoms with van der Waals surface area (Å²) in [5.74, 6) is 0.